The average molecular weight is 279 g/mol. The maximum atomic E-state index is 14.3. The molecule has 0 aliphatic rings. The highest BCUT2D eigenvalue weighted by Crippen LogP contribution is 2.19. The van der Waals surface area contributed by atoms with Gasteiger partial charge in [0, 0.05) is 12.1 Å². The maximum Gasteiger partial charge on any atom is 0.259 e. The first-order valence-corrected chi connectivity index (χ1v) is 6.75. The summed E-state index contributed by atoms with van der Waals surface area (Å²) in [4.78, 5) is 14.9. The van der Waals surface area contributed by atoms with E-state index in [0.717, 1.165) is 5.56 Å². The van der Waals surface area contributed by atoms with Crippen molar-refractivity contribution in [1.82, 2.24) is 4.98 Å². The van der Waals surface area contributed by atoms with Crippen LogP contribution in [0.5, 0.6) is 0 Å². The molecule has 0 radical (unpaired) electrons. The van der Waals surface area contributed by atoms with E-state index in [1.165, 1.54) is 6.07 Å². The zero-order valence-corrected chi connectivity index (χ0v) is 11.3. The van der Waals surface area contributed by atoms with Gasteiger partial charge in [0.2, 0.25) is 0 Å². The van der Waals surface area contributed by atoms with E-state index >= 15 is 0 Å². The van der Waals surface area contributed by atoms with E-state index in [9.17, 15) is 9.18 Å². The summed E-state index contributed by atoms with van der Waals surface area (Å²) < 4.78 is 14.3. The first-order chi connectivity index (χ1) is 10.2. The Balaban J connectivity index is 1.99. The van der Waals surface area contributed by atoms with Gasteiger partial charge in [0.25, 0.3) is 5.56 Å². The standard InChI is InChI=1S/C18H14FNO/c19-16-12-15(11-13-7-3-1-4-8-13)20-18(21)17(16)14-9-5-2-6-10-14/h1-10,12H,11H2,(H,20,21). The van der Waals surface area contributed by atoms with Gasteiger partial charge in [-0.1, -0.05) is 60.7 Å². The number of aromatic amines is 1. The molecule has 0 amide bonds. The molecule has 21 heavy (non-hydrogen) atoms. The Kier molecular flexibility index (Phi) is 3.65. The van der Waals surface area contributed by atoms with E-state index in [0.29, 0.717) is 17.7 Å². The van der Waals surface area contributed by atoms with Crippen molar-refractivity contribution in [3.63, 3.8) is 0 Å². The molecule has 1 heterocycles. The lowest BCUT2D eigenvalue weighted by Gasteiger charge is -2.06. The Hall–Kier alpha value is -2.68. The molecule has 1 aromatic heterocycles. The number of H-pyrrole nitrogens is 1. The van der Waals surface area contributed by atoms with Crippen LogP contribution in [-0.2, 0) is 6.42 Å². The van der Waals surface area contributed by atoms with E-state index in [2.05, 4.69) is 4.98 Å². The van der Waals surface area contributed by atoms with Gasteiger partial charge in [0.1, 0.15) is 5.82 Å². The summed E-state index contributed by atoms with van der Waals surface area (Å²) in [5.41, 5.74) is 1.88. The van der Waals surface area contributed by atoms with E-state index in [1.54, 1.807) is 24.3 Å². The molecule has 0 aliphatic heterocycles. The average Bonchev–Trinajstić information content (AvgIpc) is 2.49. The number of hydrogen-bond acceptors (Lipinski definition) is 1. The van der Waals surface area contributed by atoms with Gasteiger partial charge < -0.3 is 4.98 Å². The largest absolute Gasteiger partial charge is 0.325 e. The molecule has 1 N–H and O–H groups in total. The molecule has 2 nitrogen and oxygen atoms in total. The molecule has 3 rings (SSSR count). The van der Waals surface area contributed by atoms with Gasteiger partial charge in [-0.2, -0.15) is 0 Å². The second-order valence-electron chi connectivity index (χ2n) is 4.88. The molecule has 0 atom stereocenters. The summed E-state index contributed by atoms with van der Waals surface area (Å²) in [5, 5.41) is 0. The first-order valence-electron chi connectivity index (χ1n) is 6.75. The van der Waals surface area contributed by atoms with E-state index < -0.39 is 11.4 Å². The van der Waals surface area contributed by atoms with Crippen LogP contribution in [0.3, 0.4) is 0 Å². The summed E-state index contributed by atoms with van der Waals surface area (Å²) in [6, 6.07) is 19.9. The normalized spacial score (nSPS) is 10.5. The minimum absolute atomic E-state index is 0.0902. The molecule has 0 spiro atoms. The third-order valence-electron chi connectivity index (χ3n) is 3.34. The third-order valence-corrected chi connectivity index (χ3v) is 3.34. The lowest BCUT2D eigenvalue weighted by Crippen LogP contribution is -2.14. The fourth-order valence-electron chi connectivity index (χ4n) is 2.36. The van der Waals surface area contributed by atoms with Crippen LogP contribution in [-0.4, -0.2) is 4.98 Å². The number of hydrogen-bond donors (Lipinski definition) is 1. The molecule has 0 saturated heterocycles. The summed E-state index contributed by atoms with van der Waals surface area (Å²) in [7, 11) is 0. The van der Waals surface area contributed by atoms with E-state index in [1.807, 2.05) is 36.4 Å². The maximum absolute atomic E-state index is 14.3. The minimum Gasteiger partial charge on any atom is -0.325 e. The van der Waals surface area contributed by atoms with E-state index in [-0.39, 0.29) is 5.56 Å². The fraction of sp³-hybridized carbons (Fsp3) is 0.0556. The molecule has 0 saturated carbocycles. The minimum atomic E-state index is -0.490. The fourth-order valence-corrected chi connectivity index (χ4v) is 2.36. The molecule has 104 valence electrons. The number of nitrogens with one attached hydrogen (secondary N) is 1. The van der Waals surface area contributed by atoms with Crippen molar-refractivity contribution >= 4 is 0 Å². The van der Waals surface area contributed by atoms with E-state index in [4.69, 9.17) is 0 Å². The van der Waals surface area contributed by atoms with Gasteiger partial charge in [-0.15, -0.1) is 0 Å². The van der Waals surface area contributed by atoms with Crippen LogP contribution in [0.25, 0.3) is 11.1 Å². The lowest BCUT2D eigenvalue weighted by atomic mass is 10.0. The van der Waals surface area contributed by atoms with Crippen molar-refractivity contribution in [2.24, 2.45) is 0 Å². The number of pyridine rings is 1. The predicted molar refractivity (Wildman–Crippen MR) is 81.7 cm³/mol. The molecule has 3 aromatic rings. The summed E-state index contributed by atoms with van der Waals surface area (Å²) >= 11 is 0. The number of rotatable bonds is 3. The topological polar surface area (TPSA) is 32.9 Å². The second-order valence-corrected chi connectivity index (χ2v) is 4.88. The SMILES string of the molecule is O=c1[nH]c(Cc2ccccc2)cc(F)c1-c1ccccc1. The highest BCUT2D eigenvalue weighted by Gasteiger charge is 2.11. The zero-order valence-electron chi connectivity index (χ0n) is 11.3. The number of aromatic nitrogens is 1. The number of halogens is 1. The molecule has 0 bridgehead atoms. The zero-order chi connectivity index (χ0) is 14.7. The van der Waals surface area contributed by atoms with Gasteiger partial charge in [-0.05, 0) is 17.2 Å². The summed E-state index contributed by atoms with van der Waals surface area (Å²) in [6.07, 6.45) is 0.502. The van der Waals surface area contributed by atoms with Gasteiger partial charge in [-0.25, -0.2) is 4.39 Å². The second kappa shape index (κ2) is 5.75. The molecule has 2 aromatic carbocycles. The van der Waals surface area contributed by atoms with Crippen molar-refractivity contribution in [2.75, 3.05) is 0 Å². The molecule has 0 aliphatic carbocycles. The Morgan fingerprint density at radius 3 is 2.14 bits per heavy atom. The molecule has 0 fully saturated rings. The van der Waals surface area contributed by atoms with Gasteiger partial charge >= 0.3 is 0 Å². The quantitative estimate of drug-likeness (QED) is 0.777. The van der Waals surface area contributed by atoms with Gasteiger partial charge in [0.15, 0.2) is 0 Å². The van der Waals surface area contributed by atoms with Crippen LogP contribution in [0.4, 0.5) is 4.39 Å². The van der Waals surface area contributed by atoms with Crippen LogP contribution in [0.2, 0.25) is 0 Å². The van der Waals surface area contributed by atoms with Crippen LogP contribution >= 0.6 is 0 Å². The molecular formula is C18H14FNO. The molecular weight excluding hydrogens is 265 g/mol. The Labute approximate surface area is 121 Å². The molecule has 3 heteroatoms. The lowest BCUT2D eigenvalue weighted by molar-refractivity contribution is 0.624. The van der Waals surface area contributed by atoms with Crippen molar-refractivity contribution in [3.05, 3.63) is 94.2 Å². The van der Waals surface area contributed by atoms with Gasteiger partial charge in [-0.3, -0.25) is 4.79 Å². The smallest absolute Gasteiger partial charge is 0.259 e. The number of benzene rings is 2. The third kappa shape index (κ3) is 2.92. The van der Waals surface area contributed by atoms with Crippen LogP contribution < -0.4 is 5.56 Å². The first kappa shape index (κ1) is 13.3. The summed E-state index contributed by atoms with van der Waals surface area (Å²) in [5.74, 6) is -0.490. The predicted octanol–water partition coefficient (Wildman–Crippen LogP) is 3.77. The van der Waals surface area contributed by atoms with Crippen molar-refractivity contribution < 1.29 is 4.39 Å². The Morgan fingerprint density at radius 1 is 0.905 bits per heavy atom. The highest BCUT2D eigenvalue weighted by atomic mass is 19.1. The Bertz CT molecular complexity index is 794. The van der Waals surface area contributed by atoms with Crippen molar-refractivity contribution in [1.29, 1.82) is 0 Å². The summed E-state index contributed by atoms with van der Waals surface area (Å²) in [6.45, 7) is 0. The van der Waals surface area contributed by atoms with Crippen LogP contribution in [0.15, 0.2) is 71.5 Å². The highest BCUT2D eigenvalue weighted by molar-refractivity contribution is 5.63. The van der Waals surface area contributed by atoms with Crippen LogP contribution in [0, 0.1) is 5.82 Å². The van der Waals surface area contributed by atoms with Crippen molar-refractivity contribution in [3.8, 4) is 11.1 Å². The Morgan fingerprint density at radius 2 is 1.52 bits per heavy atom. The van der Waals surface area contributed by atoms with Gasteiger partial charge in [0.05, 0.1) is 5.56 Å². The molecule has 0 unspecified atom stereocenters. The van der Waals surface area contributed by atoms with Crippen LogP contribution in [0.1, 0.15) is 11.3 Å². The van der Waals surface area contributed by atoms with Crippen molar-refractivity contribution in [2.45, 2.75) is 6.42 Å². The monoisotopic (exact) mass is 279 g/mol.